The summed E-state index contributed by atoms with van der Waals surface area (Å²) in [6, 6.07) is 13.7. The van der Waals surface area contributed by atoms with Crippen molar-refractivity contribution in [3.63, 3.8) is 0 Å². The van der Waals surface area contributed by atoms with E-state index in [1.807, 2.05) is 42.5 Å². The average Bonchev–Trinajstić information content (AvgIpc) is 2.43. The number of benzene rings is 2. The van der Waals surface area contributed by atoms with Crippen molar-refractivity contribution in [2.24, 2.45) is 0 Å². The van der Waals surface area contributed by atoms with Gasteiger partial charge in [0, 0.05) is 5.39 Å². The summed E-state index contributed by atoms with van der Waals surface area (Å²) in [5.74, 6) is 2.79. The quantitative estimate of drug-likeness (QED) is 0.606. The van der Waals surface area contributed by atoms with Crippen molar-refractivity contribution in [3.8, 4) is 18.1 Å². The molecule has 0 aliphatic rings. The minimum atomic E-state index is -3.14. The average molecular weight is 288 g/mol. The molecule has 0 atom stereocenters. The fourth-order valence-corrected chi connectivity index (χ4v) is 2.94. The predicted molar refractivity (Wildman–Crippen MR) is 81.5 cm³/mol. The van der Waals surface area contributed by atoms with Gasteiger partial charge in [-0.3, -0.25) is 0 Å². The first-order valence-corrected chi connectivity index (χ1v) is 8.19. The molecule has 104 valence electrons. The first kappa shape index (κ1) is 14.4. The molecule has 0 aliphatic heterocycles. The molecule has 0 saturated carbocycles. The van der Waals surface area contributed by atoms with Crippen LogP contribution >= 0.6 is 0 Å². The maximum Gasteiger partial charge on any atom is 0.161 e. The van der Waals surface area contributed by atoms with E-state index >= 15 is 0 Å². The van der Waals surface area contributed by atoms with E-state index in [1.165, 1.54) is 0 Å². The Kier molecular flexibility index (Phi) is 4.65. The summed E-state index contributed by atoms with van der Waals surface area (Å²) >= 11 is 0. The molecule has 0 aromatic heterocycles. The van der Waals surface area contributed by atoms with E-state index in [9.17, 15) is 8.42 Å². The van der Waals surface area contributed by atoms with E-state index in [0.29, 0.717) is 13.0 Å². The minimum Gasteiger partial charge on any atom is -0.493 e. The van der Waals surface area contributed by atoms with E-state index in [0.717, 1.165) is 16.5 Å². The van der Waals surface area contributed by atoms with Crippen molar-refractivity contribution in [1.82, 2.24) is 0 Å². The Morgan fingerprint density at radius 3 is 2.65 bits per heavy atom. The standard InChI is InChI=1S/C16H16O3S/c1-2-12-20(17,18)13-6-11-19-16-10-5-8-14-7-3-4-9-15(14)16/h1,3-5,7-10H,6,11-13H2. The van der Waals surface area contributed by atoms with Crippen LogP contribution in [0.15, 0.2) is 42.5 Å². The van der Waals surface area contributed by atoms with Gasteiger partial charge in [0.1, 0.15) is 11.5 Å². The zero-order chi connectivity index (χ0) is 14.4. The van der Waals surface area contributed by atoms with Gasteiger partial charge >= 0.3 is 0 Å². The van der Waals surface area contributed by atoms with Crippen LogP contribution in [0.4, 0.5) is 0 Å². The zero-order valence-corrected chi connectivity index (χ0v) is 11.9. The van der Waals surface area contributed by atoms with Gasteiger partial charge in [0.2, 0.25) is 0 Å². The van der Waals surface area contributed by atoms with Crippen molar-refractivity contribution in [2.45, 2.75) is 6.42 Å². The Morgan fingerprint density at radius 2 is 1.85 bits per heavy atom. The van der Waals surface area contributed by atoms with Crippen LogP contribution in [0.25, 0.3) is 10.8 Å². The molecule has 4 heteroatoms. The Hall–Kier alpha value is -1.99. The lowest BCUT2D eigenvalue weighted by atomic mass is 10.1. The molecule has 20 heavy (non-hydrogen) atoms. The van der Waals surface area contributed by atoms with Crippen molar-refractivity contribution >= 4 is 20.6 Å². The lowest BCUT2D eigenvalue weighted by Crippen LogP contribution is -2.12. The lowest BCUT2D eigenvalue weighted by Gasteiger charge is -2.09. The molecule has 2 aromatic carbocycles. The molecule has 3 nitrogen and oxygen atoms in total. The van der Waals surface area contributed by atoms with Crippen molar-refractivity contribution in [2.75, 3.05) is 18.1 Å². The highest BCUT2D eigenvalue weighted by atomic mass is 32.2. The Bertz CT molecular complexity index is 721. The van der Waals surface area contributed by atoms with Crippen LogP contribution in [0.1, 0.15) is 6.42 Å². The van der Waals surface area contributed by atoms with Crippen LogP contribution in [0.2, 0.25) is 0 Å². The maximum absolute atomic E-state index is 11.5. The second-order valence-corrected chi connectivity index (χ2v) is 6.66. The van der Waals surface area contributed by atoms with Crippen molar-refractivity contribution in [1.29, 1.82) is 0 Å². The van der Waals surface area contributed by atoms with E-state index < -0.39 is 9.84 Å². The summed E-state index contributed by atoms with van der Waals surface area (Å²) in [6.07, 6.45) is 5.45. The van der Waals surface area contributed by atoms with Gasteiger partial charge in [-0.15, -0.1) is 6.42 Å². The third kappa shape index (κ3) is 3.75. The van der Waals surface area contributed by atoms with Gasteiger partial charge in [0.05, 0.1) is 12.4 Å². The molecule has 0 radical (unpaired) electrons. The van der Waals surface area contributed by atoms with Crippen LogP contribution < -0.4 is 4.74 Å². The summed E-state index contributed by atoms with van der Waals surface area (Å²) in [6.45, 7) is 0.359. The summed E-state index contributed by atoms with van der Waals surface area (Å²) in [5.41, 5.74) is 0. The number of rotatable bonds is 6. The fraction of sp³-hybridized carbons (Fsp3) is 0.250. The molecule has 2 aromatic rings. The van der Waals surface area contributed by atoms with E-state index in [-0.39, 0.29) is 11.5 Å². The number of hydrogen-bond acceptors (Lipinski definition) is 3. The smallest absolute Gasteiger partial charge is 0.161 e. The molecule has 2 rings (SSSR count). The van der Waals surface area contributed by atoms with Gasteiger partial charge in [0.25, 0.3) is 0 Å². The Morgan fingerprint density at radius 1 is 1.10 bits per heavy atom. The summed E-state index contributed by atoms with van der Waals surface area (Å²) in [4.78, 5) is 0. The van der Waals surface area contributed by atoms with Gasteiger partial charge in [-0.25, -0.2) is 8.42 Å². The zero-order valence-electron chi connectivity index (χ0n) is 11.1. The molecule has 0 spiro atoms. The largest absolute Gasteiger partial charge is 0.493 e. The second-order valence-electron chi connectivity index (χ2n) is 4.48. The first-order valence-electron chi connectivity index (χ1n) is 6.37. The highest BCUT2D eigenvalue weighted by Gasteiger charge is 2.08. The summed E-state index contributed by atoms with van der Waals surface area (Å²) in [5, 5.41) is 2.13. The van der Waals surface area contributed by atoms with E-state index in [4.69, 9.17) is 11.2 Å². The highest BCUT2D eigenvalue weighted by Crippen LogP contribution is 2.25. The van der Waals surface area contributed by atoms with E-state index in [2.05, 4.69) is 5.92 Å². The molecule has 0 fully saturated rings. The first-order chi connectivity index (χ1) is 9.62. The van der Waals surface area contributed by atoms with Gasteiger partial charge in [0.15, 0.2) is 9.84 Å². The Balaban J connectivity index is 1.96. The molecule has 0 N–H and O–H groups in total. The van der Waals surface area contributed by atoms with Gasteiger partial charge in [-0.2, -0.15) is 0 Å². The predicted octanol–water partition coefficient (Wildman–Crippen LogP) is 2.66. The summed E-state index contributed by atoms with van der Waals surface area (Å²) in [7, 11) is -3.14. The third-order valence-electron chi connectivity index (χ3n) is 2.91. The topological polar surface area (TPSA) is 43.4 Å². The number of terminal acetylenes is 1. The minimum absolute atomic E-state index is 0.0575. The van der Waals surface area contributed by atoms with Crippen LogP contribution in [-0.2, 0) is 9.84 Å². The van der Waals surface area contributed by atoms with Crippen LogP contribution in [0.3, 0.4) is 0 Å². The summed E-state index contributed by atoms with van der Waals surface area (Å²) < 4.78 is 28.6. The molecule has 0 amide bonds. The van der Waals surface area contributed by atoms with Crippen LogP contribution in [0, 0.1) is 12.3 Å². The van der Waals surface area contributed by atoms with Crippen LogP contribution in [0.5, 0.6) is 5.75 Å². The molecule has 0 heterocycles. The molecule has 0 aliphatic carbocycles. The van der Waals surface area contributed by atoms with Gasteiger partial charge in [-0.1, -0.05) is 42.3 Å². The molecular formula is C16H16O3S. The number of hydrogen-bond donors (Lipinski definition) is 0. The van der Waals surface area contributed by atoms with Crippen LogP contribution in [-0.4, -0.2) is 26.5 Å². The monoisotopic (exact) mass is 288 g/mol. The van der Waals surface area contributed by atoms with Crippen molar-refractivity contribution < 1.29 is 13.2 Å². The van der Waals surface area contributed by atoms with Gasteiger partial charge in [-0.05, 0) is 17.9 Å². The number of fused-ring (bicyclic) bond motifs is 1. The third-order valence-corrected chi connectivity index (χ3v) is 4.43. The normalized spacial score (nSPS) is 11.2. The maximum atomic E-state index is 11.5. The highest BCUT2D eigenvalue weighted by molar-refractivity contribution is 7.91. The van der Waals surface area contributed by atoms with E-state index in [1.54, 1.807) is 0 Å². The number of ether oxygens (including phenoxy) is 1. The molecule has 0 saturated heterocycles. The molecule has 0 unspecified atom stereocenters. The van der Waals surface area contributed by atoms with Crippen molar-refractivity contribution in [3.05, 3.63) is 42.5 Å². The van der Waals surface area contributed by atoms with Gasteiger partial charge < -0.3 is 4.74 Å². The Labute approximate surface area is 119 Å². The number of sulfone groups is 1. The molecular weight excluding hydrogens is 272 g/mol. The lowest BCUT2D eigenvalue weighted by molar-refractivity contribution is 0.321. The SMILES string of the molecule is C#CCS(=O)(=O)CCCOc1cccc2ccccc12. The second kappa shape index (κ2) is 6.44. The molecule has 0 bridgehead atoms. The fourth-order valence-electron chi connectivity index (χ4n) is 1.98.